The van der Waals surface area contributed by atoms with Crippen molar-refractivity contribution in [3.05, 3.63) is 35.9 Å². The topological polar surface area (TPSA) is 23.5 Å². The first kappa shape index (κ1) is 19.3. The second-order valence-electron chi connectivity index (χ2n) is 7.48. The molecule has 1 saturated carbocycles. The molecule has 0 aromatic heterocycles. The first-order valence-electron chi connectivity index (χ1n) is 9.14. The summed E-state index contributed by atoms with van der Waals surface area (Å²) in [6, 6.07) is 10.1. The Morgan fingerprint density at radius 1 is 1.04 bits per heavy atom. The zero-order valence-corrected chi connectivity index (χ0v) is 15.6. The second-order valence-corrected chi connectivity index (χ2v) is 7.48. The quantitative estimate of drug-likeness (QED) is 0.821. The molecule has 1 aliphatic carbocycles. The van der Waals surface area contributed by atoms with Crippen molar-refractivity contribution >= 4 is 12.4 Å². The summed E-state index contributed by atoms with van der Waals surface area (Å²) in [6.07, 6.45) is 8.40. The average molecular weight is 348 g/mol. The van der Waals surface area contributed by atoms with Crippen LogP contribution < -0.4 is 0 Å². The van der Waals surface area contributed by atoms with Crippen LogP contribution in [0.1, 0.15) is 57.4 Å². The molecule has 1 saturated heterocycles. The Labute approximate surface area is 153 Å². The van der Waals surface area contributed by atoms with E-state index in [1.165, 1.54) is 32.1 Å². The molecule has 1 aromatic carbocycles. The lowest BCUT2D eigenvalue weighted by molar-refractivity contribution is -0.0278. The van der Waals surface area contributed by atoms with E-state index in [2.05, 4.69) is 23.7 Å². The fourth-order valence-electron chi connectivity index (χ4n) is 4.16. The number of piperidine rings is 1. The van der Waals surface area contributed by atoms with Gasteiger partial charge in [-0.05, 0) is 44.3 Å². The van der Waals surface area contributed by atoms with Crippen LogP contribution in [0.2, 0.25) is 0 Å². The van der Waals surface area contributed by atoms with Gasteiger partial charge >= 0.3 is 0 Å². The first-order valence-corrected chi connectivity index (χ1v) is 9.14. The Kier molecular flexibility index (Phi) is 6.75. The van der Waals surface area contributed by atoms with E-state index in [9.17, 15) is 5.11 Å². The summed E-state index contributed by atoms with van der Waals surface area (Å²) < 4.78 is 0. The van der Waals surface area contributed by atoms with Crippen LogP contribution in [0.25, 0.3) is 0 Å². The Bertz CT molecular complexity index is 564. The van der Waals surface area contributed by atoms with Crippen molar-refractivity contribution in [3.8, 4) is 11.8 Å². The van der Waals surface area contributed by atoms with Crippen molar-refractivity contribution in [2.24, 2.45) is 5.41 Å². The van der Waals surface area contributed by atoms with E-state index in [4.69, 9.17) is 0 Å². The Hall–Kier alpha value is -1.01. The van der Waals surface area contributed by atoms with E-state index in [0.29, 0.717) is 0 Å². The molecule has 24 heavy (non-hydrogen) atoms. The molecule has 0 radical (unpaired) electrons. The van der Waals surface area contributed by atoms with E-state index in [1.807, 2.05) is 30.3 Å². The molecule has 2 aliphatic rings. The predicted octanol–water partition coefficient (Wildman–Crippen LogP) is 4.37. The van der Waals surface area contributed by atoms with Gasteiger partial charge < -0.3 is 5.11 Å². The molecule has 1 aliphatic heterocycles. The Morgan fingerprint density at radius 3 is 2.29 bits per heavy atom. The molecule has 0 bridgehead atoms. The lowest BCUT2D eigenvalue weighted by Crippen LogP contribution is -2.41. The summed E-state index contributed by atoms with van der Waals surface area (Å²) in [7, 11) is 0. The maximum Gasteiger partial charge on any atom is 0.156 e. The van der Waals surface area contributed by atoms with Gasteiger partial charge in [0.05, 0.1) is 6.54 Å². The number of aliphatic hydroxyl groups is 1. The molecular weight excluding hydrogens is 318 g/mol. The second kappa shape index (κ2) is 8.39. The van der Waals surface area contributed by atoms with Gasteiger partial charge in [0.25, 0.3) is 0 Å². The van der Waals surface area contributed by atoms with Crippen molar-refractivity contribution in [1.29, 1.82) is 0 Å². The minimum absolute atomic E-state index is 0. The van der Waals surface area contributed by atoms with Crippen LogP contribution in [-0.4, -0.2) is 29.6 Å². The van der Waals surface area contributed by atoms with Crippen LogP contribution in [0.4, 0.5) is 0 Å². The van der Waals surface area contributed by atoms with Gasteiger partial charge in [-0.15, -0.1) is 12.4 Å². The third-order valence-corrected chi connectivity index (χ3v) is 5.79. The van der Waals surface area contributed by atoms with E-state index in [0.717, 1.165) is 38.0 Å². The van der Waals surface area contributed by atoms with Gasteiger partial charge in [0, 0.05) is 5.41 Å². The van der Waals surface area contributed by atoms with E-state index in [1.54, 1.807) is 0 Å². The van der Waals surface area contributed by atoms with Gasteiger partial charge in [0.2, 0.25) is 0 Å². The molecule has 1 atom stereocenters. The molecule has 1 aromatic rings. The summed E-state index contributed by atoms with van der Waals surface area (Å²) in [4.78, 5) is 2.42. The molecule has 132 valence electrons. The monoisotopic (exact) mass is 347 g/mol. The molecule has 3 heteroatoms. The SMILES string of the molecule is CC1(C(O)(C#CCN2CCCCC2)c2ccccc2)CCCC1.Cl. The lowest BCUT2D eigenvalue weighted by atomic mass is 9.68. The number of benzene rings is 1. The van der Waals surface area contributed by atoms with Crippen LogP contribution in [0.3, 0.4) is 0 Å². The number of halogens is 1. The predicted molar refractivity (Wildman–Crippen MR) is 102 cm³/mol. The Morgan fingerprint density at radius 2 is 1.67 bits per heavy atom. The van der Waals surface area contributed by atoms with Crippen molar-refractivity contribution in [2.75, 3.05) is 19.6 Å². The summed E-state index contributed by atoms with van der Waals surface area (Å²) in [5.41, 5.74) is -0.209. The highest BCUT2D eigenvalue weighted by molar-refractivity contribution is 5.85. The summed E-state index contributed by atoms with van der Waals surface area (Å²) in [6.45, 7) is 5.29. The highest BCUT2D eigenvalue weighted by Crippen LogP contribution is 2.50. The van der Waals surface area contributed by atoms with Gasteiger partial charge in [-0.3, -0.25) is 4.90 Å². The van der Waals surface area contributed by atoms with Crippen molar-refractivity contribution in [2.45, 2.75) is 57.5 Å². The smallest absolute Gasteiger partial charge is 0.156 e. The maximum atomic E-state index is 11.6. The minimum Gasteiger partial charge on any atom is -0.373 e. The molecule has 3 rings (SSSR count). The van der Waals surface area contributed by atoms with Gasteiger partial charge in [-0.1, -0.05) is 68.4 Å². The number of hydrogen-bond donors (Lipinski definition) is 1. The normalized spacial score (nSPS) is 22.8. The van der Waals surface area contributed by atoms with Crippen molar-refractivity contribution in [1.82, 2.24) is 4.90 Å². The van der Waals surface area contributed by atoms with Crippen LogP contribution in [-0.2, 0) is 5.60 Å². The standard InChI is InChI=1S/C21H29NO.ClH/c1-20(13-6-7-14-20)21(23,19-11-4-2-5-12-19)15-10-18-22-16-8-3-9-17-22;/h2,4-5,11-12,23H,3,6-9,13-14,16-18H2,1H3;1H. The molecule has 1 heterocycles. The van der Waals surface area contributed by atoms with Crippen molar-refractivity contribution in [3.63, 3.8) is 0 Å². The van der Waals surface area contributed by atoms with Crippen LogP contribution >= 0.6 is 12.4 Å². The van der Waals surface area contributed by atoms with Crippen LogP contribution in [0.15, 0.2) is 30.3 Å². The van der Waals surface area contributed by atoms with Gasteiger partial charge in [0.15, 0.2) is 5.60 Å². The molecule has 0 amide bonds. The zero-order chi connectivity index (χ0) is 16.2. The highest BCUT2D eigenvalue weighted by atomic mass is 35.5. The molecule has 1 N–H and O–H groups in total. The van der Waals surface area contributed by atoms with Gasteiger partial charge in [-0.2, -0.15) is 0 Å². The zero-order valence-electron chi connectivity index (χ0n) is 14.8. The lowest BCUT2D eigenvalue weighted by Gasteiger charge is -2.39. The van der Waals surface area contributed by atoms with Gasteiger partial charge in [0.1, 0.15) is 0 Å². The van der Waals surface area contributed by atoms with E-state index in [-0.39, 0.29) is 17.8 Å². The molecule has 1 unspecified atom stereocenters. The largest absolute Gasteiger partial charge is 0.373 e. The third kappa shape index (κ3) is 3.97. The van der Waals surface area contributed by atoms with Crippen molar-refractivity contribution < 1.29 is 5.11 Å². The average Bonchev–Trinajstić information content (AvgIpc) is 3.05. The first-order chi connectivity index (χ1) is 11.1. The molecule has 2 fully saturated rings. The fourth-order valence-corrected chi connectivity index (χ4v) is 4.16. The summed E-state index contributed by atoms with van der Waals surface area (Å²) in [5, 5.41) is 11.6. The van der Waals surface area contributed by atoms with E-state index < -0.39 is 5.60 Å². The number of rotatable bonds is 3. The van der Waals surface area contributed by atoms with Crippen LogP contribution in [0.5, 0.6) is 0 Å². The molecule has 2 nitrogen and oxygen atoms in total. The third-order valence-electron chi connectivity index (χ3n) is 5.79. The fraction of sp³-hybridized carbons (Fsp3) is 0.619. The number of likely N-dealkylation sites (tertiary alicyclic amines) is 1. The molecular formula is C21H30ClNO. The number of nitrogens with zero attached hydrogens (tertiary/aromatic N) is 1. The summed E-state index contributed by atoms with van der Waals surface area (Å²) >= 11 is 0. The van der Waals surface area contributed by atoms with Crippen LogP contribution in [0, 0.1) is 17.3 Å². The van der Waals surface area contributed by atoms with E-state index >= 15 is 0 Å². The minimum atomic E-state index is -1.03. The summed E-state index contributed by atoms with van der Waals surface area (Å²) in [5.74, 6) is 6.63. The number of hydrogen-bond acceptors (Lipinski definition) is 2. The Balaban J connectivity index is 0.00000208. The van der Waals surface area contributed by atoms with Gasteiger partial charge in [-0.25, -0.2) is 0 Å². The maximum absolute atomic E-state index is 11.6. The highest BCUT2D eigenvalue weighted by Gasteiger charge is 2.48. The molecule has 0 spiro atoms.